The molecule has 162 valence electrons. The molecule has 6 nitrogen and oxygen atoms in total. The summed E-state index contributed by atoms with van der Waals surface area (Å²) in [5.74, 6) is -1.05. The summed E-state index contributed by atoms with van der Waals surface area (Å²) in [6.45, 7) is 11.6. The minimum absolute atomic E-state index is 0.123. The van der Waals surface area contributed by atoms with Gasteiger partial charge in [-0.2, -0.15) is 0 Å². The van der Waals surface area contributed by atoms with Crippen molar-refractivity contribution in [3.63, 3.8) is 0 Å². The van der Waals surface area contributed by atoms with Crippen LogP contribution in [-0.4, -0.2) is 52.5 Å². The van der Waals surface area contributed by atoms with Gasteiger partial charge in [0, 0.05) is 24.2 Å². The highest BCUT2D eigenvalue weighted by atomic mass is 16.5. The number of fused-ring (bicyclic) bond motifs is 5. The molecule has 0 spiro atoms. The molecule has 4 rings (SSSR count). The average molecular weight is 407 g/mol. The molecule has 4 aliphatic rings. The third kappa shape index (κ3) is 2.52. The van der Waals surface area contributed by atoms with Crippen LogP contribution in [0.2, 0.25) is 0 Å². The van der Waals surface area contributed by atoms with E-state index in [0.29, 0.717) is 37.9 Å². The van der Waals surface area contributed by atoms with Crippen LogP contribution in [-0.2, 0) is 19.1 Å². The van der Waals surface area contributed by atoms with Gasteiger partial charge >= 0.3 is 5.97 Å². The van der Waals surface area contributed by atoms with E-state index in [4.69, 9.17) is 9.47 Å². The van der Waals surface area contributed by atoms with E-state index in [1.54, 1.807) is 6.92 Å². The first kappa shape index (κ1) is 21.0. The van der Waals surface area contributed by atoms with Crippen molar-refractivity contribution >= 4 is 11.8 Å². The molecule has 0 aromatic carbocycles. The summed E-state index contributed by atoms with van der Waals surface area (Å²) >= 11 is 0. The monoisotopic (exact) mass is 406 g/mol. The molecule has 2 N–H and O–H groups in total. The number of aliphatic hydroxyl groups excluding tert-OH is 1. The lowest BCUT2D eigenvalue weighted by Gasteiger charge is -2.66. The van der Waals surface area contributed by atoms with Crippen LogP contribution in [0.1, 0.15) is 67.2 Å². The van der Waals surface area contributed by atoms with Gasteiger partial charge in [0.05, 0.1) is 29.8 Å². The third-order valence-corrected chi connectivity index (χ3v) is 9.05. The van der Waals surface area contributed by atoms with Crippen molar-refractivity contribution in [3.8, 4) is 0 Å². The van der Waals surface area contributed by atoms with Gasteiger partial charge in [-0.25, -0.2) is 0 Å². The van der Waals surface area contributed by atoms with E-state index in [2.05, 4.69) is 6.92 Å². The van der Waals surface area contributed by atoms with Crippen molar-refractivity contribution in [3.05, 3.63) is 11.1 Å². The summed E-state index contributed by atoms with van der Waals surface area (Å²) in [4.78, 5) is 26.1. The first-order valence-electron chi connectivity index (χ1n) is 10.7. The topological polar surface area (TPSA) is 93.1 Å². The van der Waals surface area contributed by atoms with Crippen molar-refractivity contribution < 1.29 is 29.3 Å². The largest absolute Gasteiger partial charge is 0.450 e. The van der Waals surface area contributed by atoms with Crippen molar-refractivity contribution in [2.75, 3.05) is 6.61 Å². The molecule has 2 saturated carbocycles. The summed E-state index contributed by atoms with van der Waals surface area (Å²) in [6.07, 6.45) is -0.0900. The summed E-state index contributed by atoms with van der Waals surface area (Å²) in [6, 6.07) is 0. The molecule has 3 aliphatic carbocycles. The lowest BCUT2D eigenvalue weighted by atomic mass is 9.43. The number of hydrogen-bond donors (Lipinski definition) is 2. The van der Waals surface area contributed by atoms with Gasteiger partial charge in [-0.15, -0.1) is 0 Å². The summed E-state index contributed by atoms with van der Waals surface area (Å²) < 4.78 is 11.4. The SMILES string of the molecule is CC(=O)O[C@H]1C(=O)[C@@]2(C)C(C[C@]3(O)CCC(C)=C1C3(C)C)C1(C)COC1C[C@@H]2O. The van der Waals surface area contributed by atoms with Crippen molar-refractivity contribution in [1.29, 1.82) is 0 Å². The molecule has 0 amide bonds. The molecule has 3 fully saturated rings. The second-order valence-electron chi connectivity index (χ2n) is 10.8. The van der Waals surface area contributed by atoms with Gasteiger partial charge in [0.2, 0.25) is 0 Å². The quantitative estimate of drug-likeness (QED) is 0.514. The molecule has 2 bridgehead atoms. The molecule has 3 unspecified atom stereocenters. The Morgan fingerprint density at radius 2 is 1.90 bits per heavy atom. The Balaban J connectivity index is 1.96. The van der Waals surface area contributed by atoms with Gasteiger partial charge in [0.1, 0.15) is 0 Å². The van der Waals surface area contributed by atoms with Crippen LogP contribution in [0.3, 0.4) is 0 Å². The number of Topliss-reactive ketones (excluding diaryl/α,β-unsaturated/α-hetero) is 1. The Morgan fingerprint density at radius 3 is 2.45 bits per heavy atom. The standard InChI is InChI=1S/C23H34O6/c1-12-7-8-23(27)10-14-21(5)11-28-16(21)9-15(25)22(14,6)19(26)18(29-13(2)24)17(12)20(23,3)4/h14-16,18,25,27H,7-11H2,1-6H3/t14?,15-,16?,18+,21?,22-,23+/m0/s1. The average Bonchev–Trinajstić information content (AvgIpc) is 2.62. The number of hydrogen-bond acceptors (Lipinski definition) is 6. The van der Waals surface area contributed by atoms with E-state index < -0.39 is 34.6 Å². The zero-order valence-electron chi connectivity index (χ0n) is 18.4. The molecule has 1 heterocycles. The minimum atomic E-state index is -1.12. The fraction of sp³-hybridized carbons (Fsp3) is 0.826. The number of ether oxygens (including phenoxy) is 2. The fourth-order valence-corrected chi connectivity index (χ4v) is 6.84. The number of allylic oxidation sites excluding steroid dienone is 1. The number of carbonyl (C=O) groups excluding carboxylic acids is 2. The van der Waals surface area contributed by atoms with Crippen LogP contribution in [0, 0.1) is 22.2 Å². The van der Waals surface area contributed by atoms with Gasteiger partial charge in [-0.3, -0.25) is 9.59 Å². The van der Waals surface area contributed by atoms with Crippen LogP contribution < -0.4 is 0 Å². The lowest BCUT2D eigenvalue weighted by molar-refractivity contribution is -0.286. The lowest BCUT2D eigenvalue weighted by Crippen LogP contribution is -2.72. The van der Waals surface area contributed by atoms with Crippen molar-refractivity contribution in [2.45, 2.75) is 91.1 Å². The molecule has 7 atom stereocenters. The van der Waals surface area contributed by atoms with Crippen LogP contribution in [0.5, 0.6) is 0 Å². The van der Waals surface area contributed by atoms with E-state index in [0.717, 1.165) is 5.57 Å². The Labute approximate surface area is 172 Å². The normalized spacial score (nSPS) is 48.6. The minimum Gasteiger partial charge on any atom is -0.450 e. The maximum atomic E-state index is 14.1. The number of rotatable bonds is 1. The second kappa shape index (κ2) is 6.14. The first-order chi connectivity index (χ1) is 13.3. The van der Waals surface area contributed by atoms with E-state index in [1.165, 1.54) is 6.92 Å². The predicted octanol–water partition coefficient (Wildman–Crippen LogP) is 2.55. The summed E-state index contributed by atoms with van der Waals surface area (Å²) in [7, 11) is 0. The molecule has 0 aromatic rings. The maximum absolute atomic E-state index is 14.1. The predicted molar refractivity (Wildman–Crippen MR) is 106 cm³/mol. The molecular formula is C23H34O6. The maximum Gasteiger partial charge on any atom is 0.303 e. The second-order valence-corrected chi connectivity index (χ2v) is 10.8. The molecule has 0 aromatic heterocycles. The van der Waals surface area contributed by atoms with E-state index >= 15 is 0 Å². The number of aliphatic hydroxyl groups is 2. The number of esters is 1. The van der Waals surface area contributed by atoms with Gasteiger partial charge < -0.3 is 19.7 Å². The highest BCUT2D eigenvalue weighted by Gasteiger charge is 2.70. The van der Waals surface area contributed by atoms with Crippen LogP contribution in [0.25, 0.3) is 0 Å². The molecule has 29 heavy (non-hydrogen) atoms. The highest BCUT2D eigenvalue weighted by Crippen LogP contribution is 2.64. The van der Waals surface area contributed by atoms with Crippen LogP contribution in [0.15, 0.2) is 11.1 Å². The number of ketones is 1. The van der Waals surface area contributed by atoms with Gasteiger partial charge in [0.25, 0.3) is 0 Å². The zero-order chi connectivity index (χ0) is 21.6. The molecule has 6 heteroatoms. The third-order valence-electron chi connectivity index (χ3n) is 9.05. The molecular weight excluding hydrogens is 372 g/mol. The molecule has 1 aliphatic heterocycles. The smallest absolute Gasteiger partial charge is 0.303 e. The molecule has 0 radical (unpaired) electrons. The van der Waals surface area contributed by atoms with Crippen LogP contribution >= 0.6 is 0 Å². The van der Waals surface area contributed by atoms with Crippen LogP contribution in [0.4, 0.5) is 0 Å². The van der Waals surface area contributed by atoms with Gasteiger partial charge in [0.15, 0.2) is 11.9 Å². The Bertz CT molecular complexity index is 799. The summed E-state index contributed by atoms with van der Waals surface area (Å²) in [5.41, 5.74) is -1.52. The Morgan fingerprint density at radius 1 is 1.24 bits per heavy atom. The Kier molecular flexibility index (Phi) is 4.45. The Hall–Kier alpha value is -1.24. The molecule has 1 saturated heterocycles. The van der Waals surface area contributed by atoms with Gasteiger partial charge in [-0.1, -0.05) is 26.3 Å². The van der Waals surface area contributed by atoms with Crippen molar-refractivity contribution in [2.24, 2.45) is 22.2 Å². The summed E-state index contributed by atoms with van der Waals surface area (Å²) in [5, 5.41) is 23.1. The van der Waals surface area contributed by atoms with E-state index in [-0.39, 0.29) is 23.2 Å². The first-order valence-corrected chi connectivity index (χ1v) is 10.7. The zero-order valence-corrected chi connectivity index (χ0v) is 18.4. The number of carbonyl (C=O) groups is 2. The van der Waals surface area contributed by atoms with Crippen molar-refractivity contribution in [1.82, 2.24) is 0 Å². The van der Waals surface area contributed by atoms with E-state index in [9.17, 15) is 19.8 Å². The van der Waals surface area contributed by atoms with Gasteiger partial charge in [-0.05, 0) is 44.6 Å². The van der Waals surface area contributed by atoms with E-state index in [1.807, 2.05) is 20.8 Å². The highest BCUT2D eigenvalue weighted by molar-refractivity contribution is 5.94. The fourth-order valence-electron chi connectivity index (χ4n) is 6.84.